The molecule has 2 aromatic rings. The fourth-order valence-electron chi connectivity index (χ4n) is 2.53. The lowest BCUT2D eigenvalue weighted by Crippen LogP contribution is -2.36. The van der Waals surface area contributed by atoms with Gasteiger partial charge in [-0.05, 0) is 36.6 Å². The molecule has 2 heterocycles. The molecule has 1 amide bonds. The van der Waals surface area contributed by atoms with Gasteiger partial charge in [0.05, 0.1) is 24.6 Å². The van der Waals surface area contributed by atoms with Gasteiger partial charge in [0.25, 0.3) is 5.91 Å². The average Bonchev–Trinajstić information content (AvgIpc) is 3.09. The number of nitrogens with zero attached hydrogens (tertiary/aromatic N) is 1. The maximum Gasteiger partial charge on any atom is 0.251 e. The van der Waals surface area contributed by atoms with Crippen LogP contribution in [0.15, 0.2) is 47.4 Å². The number of thiophene rings is 1. The van der Waals surface area contributed by atoms with Crippen LogP contribution in [0.2, 0.25) is 0 Å². The van der Waals surface area contributed by atoms with Crippen LogP contribution in [0.4, 0.5) is 11.4 Å². The molecular formula is C18H20N2O2S. The van der Waals surface area contributed by atoms with Gasteiger partial charge in [0.2, 0.25) is 0 Å². The second kappa shape index (κ2) is 7.44. The van der Waals surface area contributed by atoms with Crippen LogP contribution in [0, 0.1) is 0 Å². The van der Waals surface area contributed by atoms with Crippen LogP contribution in [-0.2, 0) is 9.53 Å². The highest BCUT2D eigenvalue weighted by molar-refractivity contribution is 7.10. The Morgan fingerprint density at radius 3 is 2.74 bits per heavy atom. The highest BCUT2D eigenvalue weighted by Crippen LogP contribution is 2.27. The van der Waals surface area contributed by atoms with Crippen molar-refractivity contribution in [3.63, 3.8) is 0 Å². The standard InChI is InChI=1S/C18H20N2O2S/c1-14(13-15-5-4-12-23-15)18(21)19-16-6-2-3-7-17(16)20-8-10-22-11-9-20/h2-7,12-13H,8-11H2,1H3,(H,19,21)/b14-13+. The van der Waals surface area contributed by atoms with Crippen molar-refractivity contribution < 1.29 is 9.53 Å². The summed E-state index contributed by atoms with van der Waals surface area (Å²) in [6.07, 6.45) is 1.91. The fraction of sp³-hybridized carbons (Fsp3) is 0.278. The zero-order chi connectivity index (χ0) is 16.1. The van der Waals surface area contributed by atoms with Crippen molar-refractivity contribution in [2.75, 3.05) is 36.5 Å². The number of carbonyl (C=O) groups is 1. The molecule has 0 radical (unpaired) electrons. The Kier molecular flexibility index (Phi) is 5.10. The first-order valence-corrected chi connectivity index (χ1v) is 8.57. The third kappa shape index (κ3) is 4.00. The van der Waals surface area contributed by atoms with Crippen molar-refractivity contribution in [1.82, 2.24) is 0 Å². The first-order valence-electron chi connectivity index (χ1n) is 7.69. The lowest BCUT2D eigenvalue weighted by atomic mass is 10.2. The largest absolute Gasteiger partial charge is 0.378 e. The maximum atomic E-state index is 12.5. The molecule has 0 atom stereocenters. The van der Waals surface area contributed by atoms with E-state index in [1.165, 1.54) is 0 Å². The van der Waals surface area contributed by atoms with Crippen molar-refractivity contribution >= 4 is 34.7 Å². The molecule has 1 fully saturated rings. The number of anilines is 2. The monoisotopic (exact) mass is 328 g/mol. The van der Waals surface area contributed by atoms with Crippen molar-refractivity contribution in [3.8, 4) is 0 Å². The first kappa shape index (κ1) is 15.8. The topological polar surface area (TPSA) is 41.6 Å². The molecule has 1 aliphatic heterocycles. The molecule has 0 saturated carbocycles. The summed E-state index contributed by atoms with van der Waals surface area (Å²) in [4.78, 5) is 15.8. The van der Waals surface area contributed by atoms with Crippen molar-refractivity contribution in [2.45, 2.75) is 6.92 Å². The van der Waals surface area contributed by atoms with Gasteiger partial charge in [-0.1, -0.05) is 18.2 Å². The fourth-order valence-corrected chi connectivity index (χ4v) is 3.25. The number of rotatable bonds is 4. The Hall–Kier alpha value is -2.11. The number of carbonyl (C=O) groups excluding carboxylic acids is 1. The van der Waals surface area contributed by atoms with E-state index in [-0.39, 0.29) is 5.91 Å². The first-order chi connectivity index (χ1) is 11.2. The van der Waals surface area contributed by atoms with Gasteiger partial charge in [-0.3, -0.25) is 4.79 Å². The highest BCUT2D eigenvalue weighted by Gasteiger charge is 2.16. The summed E-state index contributed by atoms with van der Waals surface area (Å²) in [6, 6.07) is 11.9. The summed E-state index contributed by atoms with van der Waals surface area (Å²) in [6.45, 7) is 4.97. The van der Waals surface area contributed by atoms with E-state index in [0.717, 1.165) is 42.6 Å². The van der Waals surface area contributed by atoms with E-state index in [1.807, 2.05) is 54.8 Å². The van der Waals surface area contributed by atoms with Gasteiger partial charge in [0, 0.05) is 23.5 Å². The molecular weight excluding hydrogens is 308 g/mol. The lowest BCUT2D eigenvalue weighted by Gasteiger charge is -2.30. The van der Waals surface area contributed by atoms with Crippen LogP contribution < -0.4 is 10.2 Å². The molecule has 5 heteroatoms. The summed E-state index contributed by atoms with van der Waals surface area (Å²) >= 11 is 1.62. The molecule has 1 saturated heterocycles. The molecule has 0 spiro atoms. The van der Waals surface area contributed by atoms with E-state index in [4.69, 9.17) is 4.74 Å². The molecule has 120 valence electrons. The lowest BCUT2D eigenvalue weighted by molar-refractivity contribution is -0.112. The van der Waals surface area contributed by atoms with Gasteiger partial charge >= 0.3 is 0 Å². The highest BCUT2D eigenvalue weighted by atomic mass is 32.1. The summed E-state index contributed by atoms with van der Waals surface area (Å²) in [5, 5.41) is 5.04. The second-order valence-corrected chi connectivity index (χ2v) is 6.39. The molecule has 0 bridgehead atoms. The van der Waals surface area contributed by atoms with Gasteiger partial charge in [0.1, 0.15) is 0 Å². The quantitative estimate of drug-likeness (QED) is 0.872. The number of hydrogen-bond donors (Lipinski definition) is 1. The molecule has 1 N–H and O–H groups in total. The minimum Gasteiger partial charge on any atom is -0.378 e. The molecule has 1 aliphatic rings. The minimum absolute atomic E-state index is 0.0703. The Morgan fingerprint density at radius 2 is 2.00 bits per heavy atom. The van der Waals surface area contributed by atoms with Crippen LogP contribution in [-0.4, -0.2) is 32.2 Å². The summed E-state index contributed by atoms with van der Waals surface area (Å²) < 4.78 is 5.40. The summed E-state index contributed by atoms with van der Waals surface area (Å²) in [5.41, 5.74) is 2.59. The predicted molar refractivity (Wildman–Crippen MR) is 96.1 cm³/mol. The molecule has 3 rings (SSSR count). The normalized spacial score (nSPS) is 15.5. The van der Waals surface area contributed by atoms with Crippen molar-refractivity contribution in [3.05, 3.63) is 52.2 Å². The van der Waals surface area contributed by atoms with E-state index < -0.39 is 0 Å². The summed E-state index contributed by atoms with van der Waals surface area (Å²) in [7, 11) is 0. The third-order valence-electron chi connectivity index (χ3n) is 3.76. The molecule has 4 nitrogen and oxygen atoms in total. The van der Waals surface area contributed by atoms with Gasteiger partial charge in [-0.2, -0.15) is 0 Å². The number of ether oxygens (including phenoxy) is 1. The molecule has 1 aromatic heterocycles. The van der Waals surface area contributed by atoms with Crippen molar-refractivity contribution in [1.29, 1.82) is 0 Å². The van der Waals surface area contributed by atoms with Crippen molar-refractivity contribution in [2.24, 2.45) is 0 Å². The smallest absolute Gasteiger partial charge is 0.251 e. The number of para-hydroxylation sites is 2. The zero-order valence-electron chi connectivity index (χ0n) is 13.1. The van der Waals surface area contributed by atoms with Crippen LogP contribution in [0.1, 0.15) is 11.8 Å². The van der Waals surface area contributed by atoms with Crippen LogP contribution in [0.5, 0.6) is 0 Å². The minimum atomic E-state index is -0.0703. The number of morpholine rings is 1. The summed E-state index contributed by atoms with van der Waals surface area (Å²) in [5.74, 6) is -0.0703. The Morgan fingerprint density at radius 1 is 1.22 bits per heavy atom. The van der Waals surface area contributed by atoms with Gasteiger partial charge in [-0.25, -0.2) is 0 Å². The molecule has 1 aromatic carbocycles. The van der Waals surface area contributed by atoms with Crippen LogP contribution in [0.25, 0.3) is 6.08 Å². The second-order valence-electron chi connectivity index (χ2n) is 5.41. The zero-order valence-corrected chi connectivity index (χ0v) is 13.9. The predicted octanol–water partition coefficient (Wildman–Crippen LogP) is 3.63. The SMILES string of the molecule is C/C(=C\c1cccs1)C(=O)Nc1ccccc1N1CCOCC1. The maximum absolute atomic E-state index is 12.5. The van der Waals surface area contributed by atoms with E-state index in [0.29, 0.717) is 5.57 Å². The van der Waals surface area contributed by atoms with E-state index in [1.54, 1.807) is 11.3 Å². The third-order valence-corrected chi connectivity index (χ3v) is 4.58. The number of amides is 1. The van der Waals surface area contributed by atoms with Gasteiger partial charge in [0.15, 0.2) is 0 Å². The van der Waals surface area contributed by atoms with E-state index in [2.05, 4.69) is 10.2 Å². The van der Waals surface area contributed by atoms with E-state index in [9.17, 15) is 4.79 Å². The number of benzene rings is 1. The van der Waals surface area contributed by atoms with E-state index >= 15 is 0 Å². The van der Waals surface area contributed by atoms with Gasteiger partial charge < -0.3 is 15.0 Å². The molecule has 23 heavy (non-hydrogen) atoms. The van der Waals surface area contributed by atoms with Crippen LogP contribution in [0.3, 0.4) is 0 Å². The molecule has 0 aliphatic carbocycles. The molecule has 0 unspecified atom stereocenters. The van der Waals surface area contributed by atoms with Gasteiger partial charge in [-0.15, -0.1) is 11.3 Å². The Labute approximate surface area is 140 Å². The average molecular weight is 328 g/mol. The number of nitrogens with one attached hydrogen (secondary N) is 1. The Balaban J connectivity index is 1.76. The van der Waals surface area contributed by atoms with Crippen LogP contribution >= 0.6 is 11.3 Å². The Bertz CT molecular complexity index is 689. The number of hydrogen-bond acceptors (Lipinski definition) is 4.